The molecule has 0 unspecified atom stereocenters. The Morgan fingerprint density at radius 1 is 0.811 bits per heavy atom. The molecule has 0 aliphatic heterocycles. The van der Waals surface area contributed by atoms with E-state index in [2.05, 4.69) is 43.4 Å². The number of carboxylic acid groups (broad SMARTS) is 1. The zero-order chi connectivity index (χ0) is 25.9. The van der Waals surface area contributed by atoms with Crippen molar-refractivity contribution >= 4 is 12.1 Å². The van der Waals surface area contributed by atoms with Crippen molar-refractivity contribution in [3.05, 3.63) is 119 Å². The SMILES string of the molecule is Cc1cccc(C)c1-c1ccc(C[C@H](NC(=O)OCC2c3ccccc3-c3ccccc32)C(=O)O)cc1. The van der Waals surface area contributed by atoms with E-state index in [0.717, 1.165) is 33.4 Å². The molecular weight excluding hydrogens is 462 g/mol. The first-order valence-corrected chi connectivity index (χ1v) is 12.4. The average molecular weight is 492 g/mol. The second kappa shape index (κ2) is 10.3. The Morgan fingerprint density at radius 3 is 1.95 bits per heavy atom. The predicted molar refractivity (Wildman–Crippen MR) is 145 cm³/mol. The van der Waals surface area contributed by atoms with Crippen molar-refractivity contribution in [2.45, 2.75) is 32.2 Å². The Kier molecular flexibility index (Phi) is 6.78. The van der Waals surface area contributed by atoms with Crippen LogP contribution in [0.1, 0.15) is 33.7 Å². The van der Waals surface area contributed by atoms with Crippen molar-refractivity contribution < 1.29 is 19.4 Å². The molecule has 4 aromatic carbocycles. The first kappa shape index (κ1) is 24.3. The number of fused-ring (bicyclic) bond motifs is 3. The van der Waals surface area contributed by atoms with Crippen LogP contribution in [0.2, 0.25) is 0 Å². The molecule has 0 fully saturated rings. The van der Waals surface area contributed by atoms with Crippen LogP contribution in [-0.4, -0.2) is 29.8 Å². The maximum atomic E-state index is 12.6. The highest BCUT2D eigenvalue weighted by Crippen LogP contribution is 2.44. The van der Waals surface area contributed by atoms with E-state index in [9.17, 15) is 14.7 Å². The maximum absolute atomic E-state index is 12.6. The van der Waals surface area contributed by atoms with Crippen molar-refractivity contribution in [2.75, 3.05) is 6.61 Å². The minimum atomic E-state index is -1.10. The molecule has 5 nitrogen and oxygen atoms in total. The van der Waals surface area contributed by atoms with Gasteiger partial charge in [-0.25, -0.2) is 9.59 Å². The minimum absolute atomic E-state index is 0.0844. The molecule has 2 N–H and O–H groups in total. The van der Waals surface area contributed by atoms with Gasteiger partial charge in [-0.1, -0.05) is 91.0 Å². The van der Waals surface area contributed by atoms with Gasteiger partial charge in [0.25, 0.3) is 0 Å². The second-order valence-electron chi connectivity index (χ2n) is 9.53. The van der Waals surface area contributed by atoms with E-state index >= 15 is 0 Å². The molecule has 5 rings (SSSR count). The lowest BCUT2D eigenvalue weighted by Crippen LogP contribution is -2.42. The third kappa shape index (κ3) is 4.98. The number of rotatable bonds is 7. The standard InChI is InChI=1S/C32H29NO4/c1-20-8-7-9-21(2)30(20)23-16-14-22(15-17-23)18-29(31(34)35)33-32(36)37-19-28-26-12-5-3-10-24(26)25-11-4-6-13-27(25)28/h3-17,28-29H,18-19H2,1-2H3,(H,33,36)(H,34,35)/t29-/m0/s1. The van der Waals surface area contributed by atoms with Crippen LogP contribution in [0.5, 0.6) is 0 Å². The van der Waals surface area contributed by atoms with Crippen molar-refractivity contribution in [1.82, 2.24) is 5.32 Å². The lowest BCUT2D eigenvalue weighted by molar-refractivity contribution is -0.139. The van der Waals surface area contributed by atoms with E-state index in [1.807, 2.05) is 66.7 Å². The molecule has 0 aromatic heterocycles. The van der Waals surface area contributed by atoms with Crippen molar-refractivity contribution in [1.29, 1.82) is 0 Å². The molecule has 4 aromatic rings. The van der Waals surface area contributed by atoms with Crippen LogP contribution in [0.15, 0.2) is 91.0 Å². The summed E-state index contributed by atoms with van der Waals surface area (Å²) in [6, 6.07) is 29.1. The molecule has 1 atom stereocenters. The fraction of sp³-hybridized carbons (Fsp3) is 0.188. The van der Waals surface area contributed by atoms with Gasteiger partial charge in [0.2, 0.25) is 0 Å². The van der Waals surface area contributed by atoms with Gasteiger partial charge >= 0.3 is 12.1 Å². The maximum Gasteiger partial charge on any atom is 0.407 e. The van der Waals surface area contributed by atoms with E-state index in [4.69, 9.17) is 4.74 Å². The molecule has 5 heteroatoms. The molecule has 0 radical (unpaired) electrons. The van der Waals surface area contributed by atoms with Gasteiger partial charge in [0.15, 0.2) is 0 Å². The third-order valence-electron chi connectivity index (χ3n) is 7.10. The summed E-state index contributed by atoms with van der Waals surface area (Å²) in [5.74, 6) is -1.19. The van der Waals surface area contributed by atoms with Crippen LogP contribution < -0.4 is 5.32 Å². The number of ether oxygens (including phenoxy) is 1. The Bertz CT molecular complexity index is 1390. The topological polar surface area (TPSA) is 75.6 Å². The van der Waals surface area contributed by atoms with Gasteiger partial charge in [0.1, 0.15) is 12.6 Å². The highest BCUT2D eigenvalue weighted by atomic mass is 16.5. The van der Waals surface area contributed by atoms with Crippen molar-refractivity contribution in [3.63, 3.8) is 0 Å². The van der Waals surface area contributed by atoms with Gasteiger partial charge in [0, 0.05) is 12.3 Å². The van der Waals surface area contributed by atoms with Gasteiger partial charge in [-0.3, -0.25) is 0 Å². The van der Waals surface area contributed by atoms with Crippen LogP contribution in [0, 0.1) is 13.8 Å². The molecule has 0 saturated carbocycles. The Balaban J connectivity index is 1.24. The summed E-state index contributed by atoms with van der Waals surface area (Å²) in [5.41, 5.74) is 9.95. The summed E-state index contributed by atoms with van der Waals surface area (Å²) in [6.45, 7) is 4.29. The van der Waals surface area contributed by atoms with Gasteiger partial charge in [-0.15, -0.1) is 0 Å². The summed E-state index contributed by atoms with van der Waals surface area (Å²) < 4.78 is 5.55. The number of aliphatic carboxylic acids is 1. The molecule has 0 saturated heterocycles. The number of carbonyl (C=O) groups excluding carboxylic acids is 1. The summed E-state index contributed by atoms with van der Waals surface area (Å²) in [7, 11) is 0. The van der Waals surface area contributed by atoms with E-state index in [-0.39, 0.29) is 18.9 Å². The summed E-state index contributed by atoms with van der Waals surface area (Å²) in [5, 5.41) is 12.3. The first-order chi connectivity index (χ1) is 17.9. The van der Waals surface area contributed by atoms with E-state index < -0.39 is 18.1 Å². The van der Waals surface area contributed by atoms with Gasteiger partial charge in [0.05, 0.1) is 0 Å². The number of aryl methyl sites for hydroxylation is 2. The highest BCUT2D eigenvalue weighted by Gasteiger charge is 2.29. The van der Waals surface area contributed by atoms with Crippen molar-refractivity contribution in [3.8, 4) is 22.3 Å². The fourth-order valence-electron chi connectivity index (χ4n) is 5.30. The second-order valence-corrected chi connectivity index (χ2v) is 9.53. The van der Waals surface area contributed by atoms with Crippen LogP contribution in [0.25, 0.3) is 22.3 Å². The lowest BCUT2D eigenvalue weighted by Gasteiger charge is -2.18. The average Bonchev–Trinajstić information content (AvgIpc) is 3.21. The quantitative estimate of drug-likeness (QED) is 0.309. The number of carbonyl (C=O) groups is 2. The van der Waals surface area contributed by atoms with Gasteiger partial charge in [-0.05, 0) is 63.9 Å². The van der Waals surface area contributed by atoms with Crippen LogP contribution >= 0.6 is 0 Å². The molecular formula is C32H29NO4. The molecule has 0 bridgehead atoms. The Labute approximate surface area is 216 Å². The molecule has 1 aliphatic carbocycles. The monoisotopic (exact) mass is 491 g/mol. The molecule has 1 amide bonds. The minimum Gasteiger partial charge on any atom is -0.480 e. The number of alkyl carbamates (subject to hydrolysis) is 1. The van der Waals surface area contributed by atoms with E-state index in [0.29, 0.717) is 0 Å². The molecule has 0 spiro atoms. The molecule has 0 heterocycles. The van der Waals surface area contributed by atoms with Gasteiger partial charge < -0.3 is 15.2 Å². The Hall–Kier alpha value is -4.38. The molecule has 37 heavy (non-hydrogen) atoms. The van der Waals surface area contributed by atoms with Crippen LogP contribution in [-0.2, 0) is 16.0 Å². The number of amides is 1. The van der Waals surface area contributed by atoms with E-state index in [1.165, 1.54) is 16.7 Å². The summed E-state index contributed by atoms with van der Waals surface area (Å²) in [4.78, 5) is 24.6. The molecule has 1 aliphatic rings. The zero-order valence-electron chi connectivity index (χ0n) is 20.9. The largest absolute Gasteiger partial charge is 0.480 e. The summed E-state index contributed by atoms with van der Waals surface area (Å²) in [6.07, 6.45) is -0.576. The fourth-order valence-corrected chi connectivity index (χ4v) is 5.30. The van der Waals surface area contributed by atoms with Crippen LogP contribution in [0.4, 0.5) is 4.79 Å². The van der Waals surface area contributed by atoms with E-state index in [1.54, 1.807) is 0 Å². The lowest BCUT2D eigenvalue weighted by atomic mass is 9.94. The smallest absolute Gasteiger partial charge is 0.407 e. The Morgan fingerprint density at radius 2 is 1.38 bits per heavy atom. The normalized spacial score (nSPS) is 12.9. The van der Waals surface area contributed by atoms with Crippen molar-refractivity contribution in [2.24, 2.45) is 0 Å². The number of benzene rings is 4. The molecule has 186 valence electrons. The zero-order valence-corrected chi connectivity index (χ0v) is 20.9. The van der Waals surface area contributed by atoms with Crippen LogP contribution in [0.3, 0.4) is 0 Å². The predicted octanol–water partition coefficient (Wildman–Crippen LogP) is 6.50. The number of hydrogen-bond donors (Lipinski definition) is 2. The number of hydrogen-bond acceptors (Lipinski definition) is 3. The van der Waals surface area contributed by atoms with Gasteiger partial charge in [-0.2, -0.15) is 0 Å². The number of carboxylic acids is 1. The third-order valence-corrected chi connectivity index (χ3v) is 7.10. The summed E-state index contributed by atoms with van der Waals surface area (Å²) >= 11 is 0. The highest BCUT2D eigenvalue weighted by molar-refractivity contribution is 5.81. The number of nitrogens with one attached hydrogen (secondary N) is 1. The first-order valence-electron chi connectivity index (χ1n) is 12.4.